The highest BCUT2D eigenvalue weighted by Crippen LogP contribution is 2.27. The highest BCUT2D eigenvalue weighted by atomic mass is 16.5. The average Bonchev–Trinajstić information content (AvgIpc) is 2.79. The number of aromatic nitrogens is 2. The third-order valence-corrected chi connectivity index (χ3v) is 4.47. The summed E-state index contributed by atoms with van der Waals surface area (Å²) in [6, 6.07) is 21.8. The molecule has 0 aliphatic carbocycles. The van der Waals surface area contributed by atoms with Crippen LogP contribution >= 0.6 is 0 Å². The van der Waals surface area contributed by atoms with E-state index in [0.29, 0.717) is 5.69 Å². The second kappa shape index (κ2) is 8.00. The van der Waals surface area contributed by atoms with Gasteiger partial charge in [-0.05, 0) is 41.1 Å². The Hall–Kier alpha value is -4.26. The van der Waals surface area contributed by atoms with E-state index in [1.54, 1.807) is 42.5 Å². The molecule has 0 atom stereocenters. The first-order valence-corrected chi connectivity index (χ1v) is 9.06. The molecule has 3 aromatic carbocycles. The predicted octanol–water partition coefficient (Wildman–Crippen LogP) is 3.39. The quantitative estimate of drug-likeness (QED) is 0.385. The maximum atomic E-state index is 12.8. The van der Waals surface area contributed by atoms with Crippen LogP contribution < -0.4 is 10.3 Å². The van der Waals surface area contributed by atoms with Crippen LogP contribution in [0.2, 0.25) is 0 Å². The predicted molar refractivity (Wildman–Crippen MR) is 110 cm³/mol. The van der Waals surface area contributed by atoms with Gasteiger partial charge in [-0.3, -0.25) is 4.79 Å². The Morgan fingerprint density at radius 3 is 2.20 bits per heavy atom. The number of fused-ring (bicyclic) bond motifs is 1. The SMILES string of the molecule is COC(=O)c1cc2ccccc2cc1OC(=O)c1ccc(=O)n(-c2ccccc2)n1. The van der Waals surface area contributed by atoms with E-state index in [1.165, 1.54) is 19.2 Å². The first kappa shape index (κ1) is 19.1. The summed E-state index contributed by atoms with van der Waals surface area (Å²) in [5.41, 5.74) is 0.153. The first-order chi connectivity index (χ1) is 14.6. The van der Waals surface area contributed by atoms with Crippen LogP contribution in [0.1, 0.15) is 20.8 Å². The smallest absolute Gasteiger partial charge is 0.364 e. The highest BCUT2D eigenvalue weighted by Gasteiger charge is 2.20. The van der Waals surface area contributed by atoms with Gasteiger partial charge in [0.1, 0.15) is 11.3 Å². The molecule has 0 bridgehead atoms. The molecular weight excluding hydrogens is 384 g/mol. The monoisotopic (exact) mass is 400 g/mol. The van der Waals surface area contributed by atoms with Crippen molar-refractivity contribution in [1.29, 1.82) is 0 Å². The number of nitrogens with zero attached hydrogens (tertiary/aromatic N) is 2. The van der Waals surface area contributed by atoms with Crippen LogP contribution in [0.15, 0.2) is 83.7 Å². The lowest BCUT2D eigenvalue weighted by molar-refractivity contribution is 0.0593. The summed E-state index contributed by atoms with van der Waals surface area (Å²) in [6.45, 7) is 0. The standard InChI is InChI=1S/C23H16N2O5/c1-29-22(27)18-13-15-7-5-6-8-16(15)14-20(18)30-23(28)19-11-12-21(26)25(24-19)17-9-3-2-4-10-17/h2-14H,1H3. The molecule has 1 aromatic heterocycles. The fourth-order valence-electron chi connectivity index (χ4n) is 3.00. The van der Waals surface area contributed by atoms with Gasteiger partial charge in [-0.2, -0.15) is 9.78 Å². The van der Waals surface area contributed by atoms with Crippen molar-refractivity contribution in [1.82, 2.24) is 9.78 Å². The molecule has 0 aliphatic heterocycles. The zero-order valence-electron chi connectivity index (χ0n) is 15.9. The Labute approximate surface area is 171 Å². The molecule has 7 heteroatoms. The topological polar surface area (TPSA) is 87.5 Å². The van der Waals surface area contributed by atoms with Gasteiger partial charge < -0.3 is 9.47 Å². The zero-order chi connectivity index (χ0) is 21.1. The van der Waals surface area contributed by atoms with Gasteiger partial charge in [-0.15, -0.1) is 0 Å². The summed E-state index contributed by atoms with van der Waals surface area (Å²) in [4.78, 5) is 37.1. The molecule has 0 N–H and O–H groups in total. The molecule has 1 heterocycles. The van der Waals surface area contributed by atoms with Gasteiger partial charge in [0.2, 0.25) is 0 Å². The molecule has 0 fully saturated rings. The molecule has 4 aromatic rings. The third-order valence-electron chi connectivity index (χ3n) is 4.47. The molecule has 0 saturated carbocycles. The van der Waals surface area contributed by atoms with Crippen molar-refractivity contribution in [3.63, 3.8) is 0 Å². The number of ether oxygens (including phenoxy) is 2. The molecule has 0 spiro atoms. The average molecular weight is 400 g/mol. The van der Waals surface area contributed by atoms with Crippen molar-refractivity contribution in [2.24, 2.45) is 0 Å². The number of carbonyl (C=O) groups is 2. The van der Waals surface area contributed by atoms with Crippen molar-refractivity contribution in [2.45, 2.75) is 0 Å². The second-order valence-corrected chi connectivity index (χ2v) is 6.38. The molecule has 0 aliphatic rings. The van der Waals surface area contributed by atoms with Gasteiger partial charge in [0.15, 0.2) is 5.69 Å². The van der Waals surface area contributed by atoms with Crippen LogP contribution in [0.5, 0.6) is 5.75 Å². The Morgan fingerprint density at radius 2 is 1.50 bits per heavy atom. The van der Waals surface area contributed by atoms with Gasteiger partial charge in [0.25, 0.3) is 5.56 Å². The Morgan fingerprint density at radius 1 is 0.833 bits per heavy atom. The summed E-state index contributed by atoms with van der Waals surface area (Å²) in [6.07, 6.45) is 0. The minimum Gasteiger partial charge on any atom is -0.465 e. The number of methoxy groups -OCH3 is 1. The maximum absolute atomic E-state index is 12.8. The van der Waals surface area contributed by atoms with E-state index < -0.39 is 17.5 Å². The number of esters is 2. The van der Waals surface area contributed by atoms with E-state index in [4.69, 9.17) is 9.47 Å². The number of rotatable bonds is 4. The normalized spacial score (nSPS) is 10.6. The van der Waals surface area contributed by atoms with E-state index in [0.717, 1.165) is 15.5 Å². The van der Waals surface area contributed by atoms with Crippen LogP contribution in [0.4, 0.5) is 0 Å². The van der Waals surface area contributed by atoms with Gasteiger partial charge in [0, 0.05) is 6.07 Å². The van der Waals surface area contributed by atoms with Crippen LogP contribution in [-0.2, 0) is 4.74 Å². The summed E-state index contributed by atoms with van der Waals surface area (Å²) < 4.78 is 11.4. The number of hydrogen-bond donors (Lipinski definition) is 0. The fraction of sp³-hybridized carbons (Fsp3) is 0.0435. The lowest BCUT2D eigenvalue weighted by Gasteiger charge is -2.11. The van der Waals surface area contributed by atoms with E-state index in [2.05, 4.69) is 5.10 Å². The van der Waals surface area contributed by atoms with Gasteiger partial charge in [0.05, 0.1) is 12.8 Å². The van der Waals surface area contributed by atoms with E-state index in [9.17, 15) is 14.4 Å². The molecule has 148 valence electrons. The van der Waals surface area contributed by atoms with Gasteiger partial charge in [-0.25, -0.2) is 9.59 Å². The molecular formula is C23H16N2O5. The molecule has 0 amide bonds. The second-order valence-electron chi connectivity index (χ2n) is 6.38. The maximum Gasteiger partial charge on any atom is 0.364 e. The van der Waals surface area contributed by atoms with E-state index >= 15 is 0 Å². The molecule has 0 saturated heterocycles. The molecule has 0 radical (unpaired) electrons. The van der Waals surface area contributed by atoms with Crippen molar-refractivity contribution in [2.75, 3.05) is 7.11 Å². The number of benzene rings is 3. The molecule has 4 rings (SSSR count). The van der Waals surface area contributed by atoms with Crippen molar-refractivity contribution >= 4 is 22.7 Å². The summed E-state index contributed by atoms with van der Waals surface area (Å²) in [5.74, 6) is -1.39. The summed E-state index contributed by atoms with van der Waals surface area (Å²) in [5, 5.41) is 5.70. The van der Waals surface area contributed by atoms with Crippen LogP contribution in [0.25, 0.3) is 16.5 Å². The van der Waals surface area contributed by atoms with Crippen molar-refractivity contribution in [3.8, 4) is 11.4 Å². The van der Waals surface area contributed by atoms with Crippen molar-refractivity contribution in [3.05, 3.63) is 100 Å². The molecule has 0 unspecified atom stereocenters. The number of para-hydroxylation sites is 1. The van der Waals surface area contributed by atoms with Gasteiger partial charge in [-0.1, -0.05) is 42.5 Å². The lowest BCUT2D eigenvalue weighted by Crippen LogP contribution is -2.24. The third kappa shape index (κ3) is 3.68. The van der Waals surface area contributed by atoms with E-state index in [1.807, 2.05) is 24.3 Å². The van der Waals surface area contributed by atoms with Crippen LogP contribution in [0, 0.1) is 0 Å². The van der Waals surface area contributed by atoms with Gasteiger partial charge >= 0.3 is 11.9 Å². The minimum absolute atomic E-state index is 0.0461. The van der Waals surface area contributed by atoms with Crippen molar-refractivity contribution < 1.29 is 19.1 Å². The zero-order valence-corrected chi connectivity index (χ0v) is 15.9. The Kier molecular flexibility index (Phi) is 5.09. The minimum atomic E-state index is -0.805. The molecule has 30 heavy (non-hydrogen) atoms. The van der Waals surface area contributed by atoms with E-state index in [-0.39, 0.29) is 17.0 Å². The van der Waals surface area contributed by atoms with Crippen LogP contribution in [0.3, 0.4) is 0 Å². The highest BCUT2D eigenvalue weighted by molar-refractivity contribution is 6.00. The Bertz CT molecular complexity index is 1310. The summed E-state index contributed by atoms with van der Waals surface area (Å²) in [7, 11) is 1.25. The number of carbonyl (C=O) groups excluding carboxylic acids is 2. The number of hydrogen-bond acceptors (Lipinski definition) is 6. The first-order valence-electron chi connectivity index (χ1n) is 9.06. The Balaban J connectivity index is 1.73. The summed E-state index contributed by atoms with van der Waals surface area (Å²) >= 11 is 0. The largest absolute Gasteiger partial charge is 0.465 e. The lowest BCUT2D eigenvalue weighted by atomic mass is 10.1. The fourth-order valence-corrected chi connectivity index (χ4v) is 3.00. The molecule has 7 nitrogen and oxygen atoms in total. The van der Waals surface area contributed by atoms with Crippen LogP contribution in [-0.4, -0.2) is 28.8 Å².